The zero-order valence-electron chi connectivity index (χ0n) is 29.5. The third-order valence-electron chi connectivity index (χ3n) is 11.8. The van der Waals surface area contributed by atoms with Gasteiger partial charge >= 0.3 is 0 Å². The van der Waals surface area contributed by atoms with Crippen molar-refractivity contribution in [1.29, 1.82) is 0 Å². The molecule has 1 heterocycles. The molecule has 1 aliphatic heterocycles. The average molecular weight is 646 g/mol. The Hall–Kier alpha value is -4.30. The van der Waals surface area contributed by atoms with Crippen LogP contribution < -0.4 is 9.64 Å². The van der Waals surface area contributed by atoms with E-state index in [9.17, 15) is 0 Å². The average Bonchev–Trinajstić information content (AvgIpc) is 3.44. The van der Waals surface area contributed by atoms with E-state index in [0.717, 1.165) is 24.4 Å². The van der Waals surface area contributed by atoms with Crippen LogP contribution in [0.5, 0.6) is 5.75 Å². The van der Waals surface area contributed by atoms with Crippen molar-refractivity contribution in [2.45, 2.75) is 95.5 Å². The number of nitrogens with zero attached hydrogens (tertiary/aromatic N) is 1. The molecular weight excluding hydrogens is 595 g/mol. The highest BCUT2D eigenvalue weighted by molar-refractivity contribution is 6.08. The number of hydrogen-bond donors (Lipinski definition) is 0. The standard InChI is InChI=1S/C47H51NO/c1-3-5-33-48(34-6-4-2)37-27-25-36(26-28-37)47(35-19-11-10-12-20-35)32-29-41-44-43(38-21-13-14-22-39(38)45(41)49-47)40-23-15-16-24-42(40)46(44)30-17-8-7-9-18-31-46/h10-16,19-29,32H,3-9,17-18,30-31,33-34H2,1-2H3. The van der Waals surface area contributed by atoms with Gasteiger partial charge in [0.1, 0.15) is 5.75 Å². The van der Waals surface area contributed by atoms with E-state index in [-0.39, 0.29) is 5.41 Å². The lowest BCUT2D eigenvalue weighted by Gasteiger charge is -2.40. The highest BCUT2D eigenvalue weighted by atomic mass is 16.5. The van der Waals surface area contributed by atoms with Crippen LogP contribution in [0.15, 0.2) is 109 Å². The molecule has 1 saturated carbocycles. The van der Waals surface area contributed by atoms with Crippen molar-refractivity contribution in [3.05, 3.63) is 137 Å². The van der Waals surface area contributed by atoms with Gasteiger partial charge in [0.15, 0.2) is 5.60 Å². The van der Waals surface area contributed by atoms with Crippen LogP contribution in [0.25, 0.3) is 28.0 Å². The zero-order valence-corrected chi connectivity index (χ0v) is 29.5. The van der Waals surface area contributed by atoms with Gasteiger partial charge in [-0.25, -0.2) is 0 Å². The van der Waals surface area contributed by atoms with Gasteiger partial charge in [0.25, 0.3) is 0 Å². The van der Waals surface area contributed by atoms with E-state index in [1.165, 1.54) is 120 Å². The smallest absolute Gasteiger partial charge is 0.178 e. The Balaban J connectivity index is 1.32. The molecule has 5 aromatic rings. The molecule has 2 nitrogen and oxygen atoms in total. The third kappa shape index (κ3) is 5.39. The summed E-state index contributed by atoms with van der Waals surface area (Å²) >= 11 is 0. The topological polar surface area (TPSA) is 12.5 Å². The quantitative estimate of drug-likeness (QED) is 0.158. The molecular formula is C47H51NO. The molecule has 8 rings (SSSR count). The summed E-state index contributed by atoms with van der Waals surface area (Å²) in [5, 5.41) is 2.53. The summed E-state index contributed by atoms with van der Waals surface area (Å²) in [6.07, 6.45) is 18.6. The predicted molar refractivity (Wildman–Crippen MR) is 208 cm³/mol. The fraction of sp³-hybridized carbons (Fsp3) is 0.362. The monoisotopic (exact) mass is 645 g/mol. The Bertz CT molecular complexity index is 1940. The number of ether oxygens (including phenoxy) is 1. The third-order valence-corrected chi connectivity index (χ3v) is 11.8. The number of anilines is 1. The molecule has 5 aromatic carbocycles. The molecule has 1 unspecified atom stereocenters. The van der Waals surface area contributed by atoms with Crippen LogP contribution in [0.2, 0.25) is 0 Å². The molecule has 2 heteroatoms. The van der Waals surface area contributed by atoms with Crippen molar-refractivity contribution in [2.75, 3.05) is 18.0 Å². The van der Waals surface area contributed by atoms with E-state index < -0.39 is 5.60 Å². The second kappa shape index (κ2) is 13.5. The van der Waals surface area contributed by atoms with Gasteiger partial charge in [0, 0.05) is 46.3 Å². The number of rotatable bonds is 9. The Kier molecular flexibility index (Phi) is 8.83. The van der Waals surface area contributed by atoms with Gasteiger partial charge in [-0.3, -0.25) is 0 Å². The molecule has 2 aliphatic carbocycles. The Morgan fingerprint density at radius 3 is 1.96 bits per heavy atom. The van der Waals surface area contributed by atoms with Crippen LogP contribution in [0.3, 0.4) is 0 Å². The van der Waals surface area contributed by atoms with Crippen molar-refractivity contribution >= 4 is 22.5 Å². The summed E-state index contributed by atoms with van der Waals surface area (Å²) in [4.78, 5) is 2.57. The predicted octanol–water partition coefficient (Wildman–Crippen LogP) is 12.6. The number of hydrogen-bond acceptors (Lipinski definition) is 2. The maximum atomic E-state index is 7.65. The van der Waals surface area contributed by atoms with Crippen molar-refractivity contribution < 1.29 is 4.74 Å². The van der Waals surface area contributed by atoms with E-state index >= 15 is 0 Å². The molecule has 0 bridgehead atoms. The summed E-state index contributed by atoms with van der Waals surface area (Å²) in [5.41, 5.74) is 10.1. The minimum Gasteiger partial charge on any atom is -0.472 e. The fourth-order valence-electron chi connectivity index (χ4n) is 9.30. The van der Waals surface area contributed by atoms with Gasteiger partial charge in [-0.2, -0.15) is 0 Å². The molecule has 1 atom stereocenters. The first-order chi connectivity index (χ1) is 24.2. The first kappa shape index (κ1) is 31.9. The molecule has 0 radical (unpaired) electrons. The summed E-state index contributed by atoms with van der Waals surface area (Å²) in [5.74, 6) is 1.03. The summed E-state index contributed by atoms with van der Waals surface area (Å²) < 4.78 is 7.65. The lowest BCUT2D eigenvalue weighted by molar-refractivity contribution is 0.163. The Labute approximate surface area is 293 Å². The van der Waals surface area contributed by atoms with Gasteiger partial charge in [0.05, 0.1) is 0 Å². The summed E-state index contributed by atoms with van der Waals surface area (Å²) in [6.45, 7) is 6.77. The van der Waals surface area contributed by atoms with Crippen molar-refractivity contribution in [1.82, 2.24) is 0 Å². The van der Waals surface area contributed by atoms with E-state index in [0.29, 0.717) is 0 Å². The SMILES string of the molecule is CCCCN(CCCC)c1ccc(C2(c3ccccc3)C=Cc3c4c(c5ccccc5c3O2)-c2ccccc2C42CCCCCCC2)cc1. The molecule has 1 spiro atoms. The van der Waals surface area contributed by atoms with E-state index in [2.05, 4.69) is 134 Å². The number of unbranched alkanes of at least 4 members (excludes halogenated alkanes) is 2. The van der Waals surface area contributed by atoms with Crippen LogP contribution in [0.1, 0.15) is 112 Å². The molecule has 1 fully saturated rings. The van der Waals surface area contributed by atoms with E-state index in [4.69, 9.17) is 4.74 Å². The molecule has 49 heavy (non-hydrogen) atoms. The van der Waals surface area contributed by atoms with Crippen LogP contribution in [-0.4, -0.2) is 13.1 Å². The summed E-state index contributed by atoms with van der Waals surface area (Å²) in [6, 6.07) is 38.5. The molecule has 0 saturated heterocycles. The van der Waals surface area contributed by atoms with Gasteiger partial charge in [-0.15, -0.1) is 0 Å². The molecule has 0 amide bonds. The van der Waals surface area contributed by atoms with Crippen molar-refractivity contribution in [3.63, 3.8) is 0 Å². The zero-order chi connectivity index (χ0) is 33.3. The number of fused-ring (bicyclic) bond motifs is 10. The Morgan fingerprint density at radius 1 is 0.633 bits per heavy atom. The first-order valence-corrected chi connectivity index (χ1v) is 19.2. The van der Waals surface area contributed by atoms with Gasteiger partial charge in [-0.05, 0) is 71.5 Å². The van der Waals surface area contributed by atoms with Gasteiger partial charge in [0.2, 0.25) is 0 Å². The first-order valence-electron chi connectivity index (χ1n) is 19.2. The molecule has 0 N–H and O–H groups in total. The maximum absolute atomic E-state index is 7.65. The maximum Gasteiger partial charge on any atom is 0.178 e. The number of benzene rings is 5. The van der Waals surface area contributed by atoms with Crippen LogP contribution in [0, 0.1) is 0 Å². The van der Waals surface area contributed by atoms with Gasteiger partial charge < -0.3 is 9.64 Å². The van der Waals surface area contributed by atoms with E-state index in [1.54, 1.807) is 0 Å². The Morgan fingerprint density at radius 2 is 1.24 bits per heavy atom. The second-order valence-corrected chi connectivity index (χ2v) is 14.7. The van der Waals surface area contributed by atoms with Crippen LogP contribution in [0.4, 0.5) is 5.69 Å². The normalized spacial score (nSPS) is 19.1. The molecule has 250 valence electrons. The highest BCUT2D eigenvalue weighted by Gasteiger charge is 2.48. The summed E-state index contributed by atoms with van der Waals surface area (Å²) in [7, 11) is 0. The highest BCUT2D eigenvalue weighted by Crippen LogP contribution is 2.61. The second-order valence-electron chi connectivity index (χ2n) is 14.7. The van der Waals surface area contributed by atoms with Crippen molar-refractivity contribution in [3.8, 4) is 16.9 Å². The lowest BCUT2D eigenvalue weighted by atomic mass is 9.67. The van der Waals surface area contributed by atoms with E-state index in [1.807, 2.05) is 0 Å². The minimum absolute atomic E-state index is 0.0169. The van der Waals surface area contributed by atoms with Gasteiger partial charge in [-0.1, -0.05) is 156 Å². The lowest BCUT2D eigenvalue weighted by Crippen LogP contribution is -2.35. The van der Waals surface area contributed by atoms with Crippen LogP contribution in [-0.2, 0) is 11.0 Å². The fourth-order valence-corrected chi connectivity index (χ4v) is 9.30. The largest absolute Gasteiger partial charge is 0.472 e. The van der Waals surface area contributed by atoms with Crippen molar-refractivity contribution in [2.24, 2.45) is 0 Å². The molecule has 3 aliphatic rings. The molecule has 0 aromatic heterocycles. The minimum atomic E-state index is -0.735. The van der Waals surface area contributed by atoms with Crippen LogP contribution >= 0.6 is 0 Å².